The first-order chi connectivity index (χ1) is 28.1. The Labute approximate surface area is 378 Å². The van der Waals surface area contributed by atoms with Gasteiger partial charge in [0.2, 0.25) is 11.5 Å². The van der Waals surface area contributed by atoms with Crippen molar-refractivity contribution in [2.75, 3.05) is 11.5 Å². The van der Waals surface area contributed by atoms with Gasteiger partial charge in [-0.25, -0.2) is 22.8 Å². The number of carbonyl (C=O) groups is 6. The van der Waals surface area contributed by atoms with Crippen LogP contribution in [0.25, 0.3) is 0 Å². The van der Waals surface area contributed by atoms with Gasteiger partial charge in [-0.15, -0.1) is 23.1 Å². The number of nitrogens with zero attached hydrogens (tertiary/aromatic N) is 5. The number of anilines is 1. The Bertz CT molecular complexity index is 2430. The maximum Gasteiger partial charge on any atom is 1.00 e. The number of nitrogens with one attached hydrogen (secondary N) is 1. The van der Waals surface area contributed by atoms with E-state index in [1.807, 2.05) is 6.07 Å². The number of thiazole rings is 1. The average Bonchev–Trinajstić information content (AvgIpc) is 3.68. The SMILES string of the molecule is CC(C)(O/N=C(\C(=O)N[C@@H]1C(=O)N2C(C(=O)[O-])=C(C[n+]3ccccc3)CS[C@H]12)c1csc(N)n1)C(=O)O.CC1(C)[C@H](C(=O)[O-])N2C(=O)[C@@H]([C@@H](O)c3ccccc3)[C@H]2S1(=O)=O.[Na+]. The molecular weight excluding hydrogens is 870 g/mol. The van der Waals surface area contributed by atoms with Crippen molar-refractivity contribution in [3.05, 3.63) is 88.8 Å². The van der Waals surface area contributed by atoms with E-state index in [1.54, 1.807) is 59.4 Å². The molecule has 0 radical (unpaired) electrons. The van der Waals surface area contributed by atoms with E-state index in [-0.39, 0.29) is 58.3 Å². The molecule has 2 aromatic heterocycles. The van der Waals surface area contributed by atoms with E-state index in [9.17, 15) is 57.6 Å². The van der Waals surface area contributed by atoms with Gasteiger partial charge in [0.25, 0.3) is 11.8 Å². The Hall–Kier alpha value is -4.91. The summed E-state index contributed by atoms with van der Waals surface area (Å²) < 4.78 is 25.5. The van der Waals surface area contributed by atoms with Gasteiger partial charge >= 0.3 is 35.5 Å². The number of carboxylic acid groups (broad SMARTS) is 3. The number of nitrogen functional groups attached to an aromatic ring is 1. The molecule has 5 N–H and O–H groups in total. The van der Waals surface area contributed by atoms with Crippen LogP contribution in [0.2, 0.25) is 0 Å². The summed E-state index contributed by atoms with van der Waals surface area (Å²) in [5.74, 6) is -7.50. The molecule has 24 heteroatoms. The van der Waals surface area contributed by atoms with Crippen molar-refractivity contribution < 1.29 is 96.6 Å². The quantitative estimate of drug-likeness (QED) is 0.0433. The second kappa shape index (κ2) is 17.8. The number of aliphatic hydroxyl groups excluding tert-OH is 1. The van der Waals surface area contributed by atoms with Gasteiger partial charge in [0.15, 0.2) is 39.6 Å². The molecule has 6 heterocycles. The number of carbonyl (C=O) groups excluding carboxylic acids is 5. The largest absolute Gasteiger partial charge is 1.00 e. The van der Waals surface area contributed by atoms with Crippen LogP contribution < -0.4 is 55.4 Å². The van der Waals surface area contributed by atoms with Crippen LogP contribution in [-0.4, -0.2) is 114 Å². The molecule has 318 valence electrons. The first-order valence-corrected chi connectivity index (χ1v) is 21.4. The molecule has 0 bridgehead atoms. The minimum atomic E-state index is -3.97. The number of benzene rings is 1. The second-order valence-corrected chi connectivity index (χ2v) is 19.6. The number of β-lactam (4-membered cyclic amide) rings is 2. The number of fused-ring (bicyclic) bond motifs is 2. The van der Waals surface area contributed by atoms with Crippen molar-refractivity contribution in [3.63, 3.8) is 0 Å². The first kappa shape index (κ1) is 47.1. The van der Waals surface area contributed by atoms with Crippen LogP contribution in [0.5, 0.6) is 0 Å². The van der Waals surface area contributed by atoms with E-state index in [0.29, 0.717) is 16.9 Å². The monoisotopic (exact) mass is 907 g/mol. The Morgan fingerprint density at radius 2 is 1.72 bits per heavy atom. The zero-order valence-electron chi connectivity index (χ0n) is 33.2. The zero-order valence-corrected chi connectivity index (χ0v) is 37.6. The number of nitrogens with two attached hydrogens (primary N) is 1. The summed E-state index contributed by atoms with van der Waals surface area (Å²) in [5.41, 5.74) is 4.24. The molecule has 0 aliphatic carbocycles. The van der Waals surface area contributed by atoms with Crippen LogP contribution in [-0.2, 0) is 50.0 Å². The van der Waals surface area contributed by atoms with Gasteiger partial charge in [-0.05, 0) is 33.3 Å². The van der Waals surface area contributed by atoms with Gasteiger partial charge in [0.05, 0.1) is 34.5 Å². The Morgan fingerprint density at radius 3 is 2.28 bits per heavy atom. The van der Waals surface area contributed by atoms with Gasteiger partial charge in [-0.3, -0.25) is 19.3 Å². The maximum atomic E-state index is 13.1. The average molecular weight is 908 g/mol. The molecule has 0 spiro atoms. The summed E-state index contributed by atoms with van der Waals surface area (Å²) in [6, 6.07) is 11.0. The molecule has 0 saturated carbocycles. The van der Waals surface area contributed by atoms with E-state index in [0.717, 1.165) is 21.1 Å². The van der Waals surface area contributed by atoms with E-state index in [2.05, 4.69) is 15.5 Å². The van der Waals surface area contributed by atoms with Gasteiger partial charge < -0.3 is 50.8 Å². The standard InChI is InChI=1S/C22H22N6O7S2.C15H17NO6S.Na/c1-22(2,20(33)34)35-26-13(12-10-37-21(23)24-12)16(29)25-14-17(30)28-15(19(31)32)11(9-36-18(14)28)8-27-6-4-3-5-7-27;1-15(2)11(14(19)20)16-12(18)9(13(16)23(15,21)22)10(17)8-6-4-3-5-7-8;/h3-7,10,14,18H,8-9H2,1-2H3,(H4-,23,24,25,29,31,32,33,34);3-7,9-11,13,17H,1-2H3,(H,19,20);/q;;+1/p-1/b26-13-;;/t14-,18-;9-,10+,11+,13-;/m11./s1. The molecule has 0 unspecified atom stereocenters. The van der Waals surface area contributed by atoms with Crippen LogP contribution in [0.4, 0.5) is 5.13 Å². The van der Waals surface area contributed by atoms with Crippen molar-refractivity contribution in [1.29, 1.82) is 0 Å². The molecule has 61 heavy (non-hydrogen) atoms. The fourth-order valence-corrected chi connectivity index (χ4v) is 11.2. The number of carboxylic acids is 3. The van der Waals surface area contributed by atoms with Gasteiger partial charge in [-0.1, -0.05) is 41.6 Å². The molecule has 1 aromatic carbocycles. The van der Waals surface area contributed by atoms with Crippen LogP contribution in [0.1, 0.15) is 45.1 Å². The van der Waals surface area contributed by atoms with Crippen molar-refractivity contribution >= 4 is 79.4 Å². The molecule has 3 saturated heterocycles. The molecule has 3 fully saturated rings. The van der Waals surface area contributed by atoms with E-state index >= 15 is 0 Å². The van der Waals surface area contributed by atoms with Gasteiger partial charge in [-0.2, -0.15) is 0 Å². The van der Waals surface area contributed by atoms with Crippen molar-refractivity contribution in [1.82, 2.24) is 20.1 Å². The number of hydrogen-bond acceptors (Lipinski definition) is 17. The summed E-state index contributed by atoms with van der Waals surface area (Å²) in [6.45, 7) is 5.27. The first-order valence-electron chi connectivity index (χ1n) is 17.9. The third-order valence-corrected chi connectivity index (χ3v) is 15.2. The molecule has 3 amide bonds. The fraction of sp³-hybridized carbons (Fsp3) is 0.378. The normalized spacial score (nSPS) is 24.0. The van der Waals surface area contributed by atoms with Crippen LogP contribution >= 0.6 is 23.1 Å². The summed E-state index contributed by atoms with van der Waals surface area (Å²) in [6.07, 6.45) is 2.24. The number of amides is 3. The summed E-state index contributed by atoms with van der Waals surface area (Å²) in [4.78, 5) is 84.2. The van der Waals surface area contributed by atoms with Crippen LogP contribution in [0, 0.1) is 5.92 Å². The topological polar surface area (TPSA) is 306 Å². The number of aromatic nitrogens is 2. The molecule has 6 atom stereocenters. The maximum absolute atomic E-state index is 13.1. The number of thioether (sulfide) groups is 1. The second-order valence-electron chi connectivity index (χ2n) is 15.0. The predicted octanol–water partition coefficient (Wildman–Crippen LogP) is -5.47. The molecule has 4 aliphatic heterocycles. The van der Waals surface area contributed by atoms with Gasteiger partial charge in [0.1, 0.15) is 28.4 Å². The predicted molar refractivity (Wildman–Crippen MR) is 207 cm³/mol. The van der Waals surface area contributed by atoms with Crippen molar-refractivity contribution in [2.24, 2.45) is 11.1 Å². The number of hydrogen-bond donors (Lipinski definition) is 4. The Balaban J connectivity index is 0.000000252. The molecule has 4 aliphatic rings. The molecular formula is C37H38N7NaO13S3. The van der Waals surface area contributed by atoms with Crippen molar-refractivity contribution in [3.8, 4) is 0 Å². The number of pyridine rings is 1. The van der Waals surface area contributed by atoms with E-state index in [1.165, 1.54) is 44.8 Å². The summed E-state index contributed by atoms with van der Waals surface area (Å²) >= 11 is 2.32. The third kappa shape index (κ3) is 8.64. The smallest absolute Gasteiger partial charge is 0.548 e. The zero-order chi connectivity index (χ0) is 44.1. The van der Waals surface area contributed by atoms with Crippen molar-refractivity contribution in [2.45, 2.75) is 73.5 Å². The number of rotatable bonds is 12. The van der Waals surface area contributed by atoms with E-state index < -0.39 is 90.7 Å². The van der Waals surface area contributed by atoms with Gasteiger partial charge in [0, 0.05) is 28.8 Å². The summed E-state index contributed by atoms with van der Waals surface area (Å²) in [5, 5.41) is 48.8. The minimum absolute atomic E-state index is 0. The summed E-state index contributed by atoms with van der Waals surface area (Å²) in [7, 11) is -3.97. The molecule has 20 nitrogen and oxygen atoms in total. The molecule has 7 rings (SSSR count). The number of aliphatic hydroxyl groups is 1. The Kier molecular flexibility index (Phi) is 13.8. The van der Waals surface area contributed by atoms with E-state index in [4.69, 9.17) is 10.6 Å². The Morgan fingerprint density at radius 1 is 1.10 bits per heavy atom. The van der Waals surface area contributed by atoms with Crippen LogP contribution in [0.15, 0.2) is 82.7 Å². The minimum Gasteiger partial charge on any atom is -0.548 e. The van der Waals surface area contributed by atoms with Crippen LogP contribution in [0.3, 0.4) is 0 Å². The third-order valence-electron chi connectivity index (χ3n) is 10.4. The number of aliphatic carboxylic acids is 3. The molecule has 3 aromatic rings. The number of oxime groups is 1. The fourth-order valence-electron chi connectivity index (χ4n) is 7.04. The number of sulfone groups is 1.